The summed E-state index contributed by atoms with van der Waals surface area (Å²) in [6.07, 6.45) is 2.76. The Hall–Kier alpha value is 0.394. The molecule has 0 fully saturated rings. The van der Waals surface area contributed by atoms with Gasteiger partial charge in [0, 0.05) is 0 Å². The summed E-state index contributed by atoms with van der Waals surface area (Å²) in [6.45, 7) is 14.5. The minimum absolute atomic E-state index is 0.662. The Morgan fingerprint density at radius 3 is 2.07 bits per heavy atom. The predicted octanol–water partition coefficient (Wildman–Crippen LogP) is 3.73. The fourth-order valence-electron chi connectivity index (χ4n) is 1.85. The smallest absolute Gasteiger partial charge is 0.115 e. The molecule has 0 aliphatic rings. The molecule has 14 heavy (non-hydrogen) atoms. The molecule has 0 aromatic carbocycles. The van der Waals surface area contributed by atoms with Crippen molar-refractivity contribution < 1.29 is 0 Å². The molecule has 0 amide bonds. The van der Waals surface area contributed by atoms with Gasteiger partial charge in [-0.15, -0.1) is 0 Å². The molecule has 0 bridgehead atoms. The first-order valence-corrected chi connectivity index (χ1v) is 11.6. The SMILES string of the molecule is CCCC(C)[SiH](C)N[Si](C)(CC)CC. The number of nitrogens with one attached hydrogen (secondary N) is 1. The van der Waals surface area contributed by atoms with E-state index in [1.807, 2.05) is 0 Å². The summed E-state index contributed by atoms with van der Waals surface area (Å²) in [5, 5.41) is 0. The largest absolute Gasteiger partial charge is 0.361 e. The van der Waals surface area contributed by atoms with Gasteiger partial charge in [-0.2, -0.15) is 0 Å². The molecule has 0 aromatic rings. The van der Waals surface area contributed by atoms with Crippen molar-refractivity contribution in [3.63, 3.8) is 0 Å². The van der Waals surface area contributed by atoms with Crippen molar-refractivity contribution >= 4 is 17.2 Å². The summed E-state index contributed by atoms with van der Waals surface area (Å²) >= 11 is 0. The van der Waals surface area contributed by atoms with Gasteiger partial charge in [0.05, 0.1) is 0 Å². The number of hydrogen-bond acceptors (Lipinski definition) is 1. The molecule has 1 nitrogen and oxygen atoms in total. The lowest BCUT2D eigenvalue weighted by molar-refractivity contribution is 0.748. The minimum atomic E-state index is -1.04. The molecule has 1 N–H and O–H groups in total. The molecule has 0 saturated carbocycles. The van der Waals surface area contributed by atoms with Crippen molar-refractivity contribution in [3.05, 3.63) is 0 Å². The van der Waals surface area contributed by atoms with Gasteiger partial charge in [-0.05, 0) is 17.6 Å². The van der Waals surface area contributed by atoms with Gasteiger partial charge < -0.3 is 4.65 Å². The molecule has 0 radical (unpaired) electrons. The summed E-state index contributed by atoms with van der Waals surface area (Å²) in [5.41, 5.74) is 0.963. The molecular weight excluding hydrogens is 202 g/mol. The predicted molar refractivity (Wildman–Crippen MR) is 73.1 cm³/mol. The lowest BCUT2D eigenvalue weighted by Gasteiger charge is -2.32. The van der Waals surface area contributed by atoms with E-state index in [4.69, 9.17) is 0 Å². The third-order valence-corrected chi connectivity index (χ3v) is 13.5. The third-order valence-electron chi connectivity index (χ3n) is 3.73. The van der Waals surface area contributed by atoms with Crippen LogP contribution in [0.5, 0.6) is 0 Å². The molecule has 2 unspecified atom stereocenters. The van der Waals surface area contributed by atoms with Gasteiger partial charge in [0.25, 0.3) is 0 Å². The summed E-state index contributed by atoms with van der Waals surface area (Å²) < 4.78 is 4.06. The summed E-state index contributed by atoms with van der Waals surface area (Å²) in [4.78, 5) is 0. The van der Waals surface area contributed by atoms with Crippen LogP contribution in [0.4, 0.5) is 0 Å². The zero-order valence-electron chi connectivity index (χ0n) is 11.0. The highest BCUT2D eigenvalue weighted by atomic mass is 28.4. The van der Waals surface area contributed by atoms with E-state index in [2.05, 4.69) is 45.4 Å². The average Bonchev–Trinajstić information content (AvgIpc) is 2.18. The van der Waals surface area contributed by atoms with Crippen molar-refractivity contribution in [2.75, 3.05) is 0 Å². The first kappa shape index (κ1) is 14.4. The van der Waals surface area contributed by atoms with E-state index in [0.29, 0.717) is 0 Å². The van der Waals surface area contributed by atoms with E-state index in [9.17, 15) is 0 Å². The molecule has 0 aliphatic carbocycles. The van der Waals surface area contributed by atoms with Crippen molar-refractivity contribution in [1.82, 2.24) is 4.65 Å². The monoisotopic (exact) mass is 231 g/mol. The van der Waals surface area contributed by atoms with Crippen LogP contribution in [0.3, 0.4) is 0 Å². The van der Waals surface area contributed by atoms with E-state index in [0.717, 1.165) is 5.54 Å². The minimum Gasteiger partial charge on any atom is -0.361 e. The second-order valence-corrected chi connectivity index (χ2v) is 13.4. The zero-order valence-corrected chi connectivity index (χ0v) is 13.1. The Balaban J connectivity index is 4.07. The van der Waals surface area contributed by atoms with Crippen molar-refractivity contribution in [2.24, 2.45) is 0 Å². The maximum absolute atomic E-state index is 4.06. The maximum atomic E-state index is 4.06. The molecule has 0 rings (SSSR count). The van der Waals surface area contributed by atoms with Gasteiger partial charge in [-0.1, -0.05) is 53.6 Å². The van der Waals surface area contributed by atoms with Crippen LogP contribution in [0.2, 0.25) is 30.7 Å². The zero-order chi connectivity index (χ0) is 11.2. The highest BCUT2D eigenvalue weighted by molar-refractivity contribution is 6.85. The summed E-state index contributed by atoms with van der Waals surface area (Å²) in [6, 6.07) is 2.78. The van der Waals surface area contributed by atoms with Crippen LogP contribution in [-0.2, 0) is 0 Å². The topological polar surface area (TPSA) is 12.0 Å². The van der Waals surface area contributed by atoms with Crippen molar-refractivity contribution in [3.8, 4) is 0 Å². The Morgan fingerprint density at radius 1 is 1.21 bits per heavy atom. The second kappa shape index (κ2) is 6.80. The fraction of sp³-hybridized carbons (Fsp3) is 1.00. The van der Waals surface area contributed by atoms with Gasteiger partial charge in [0.1, 0.15) is 17.2 Å². The summed E-state index contributed by atoms with van der Waals surface area (Å²) in [7, 11) is -1.70. The quantitative estimate of drug-likeness (QED) is 0.658. The fourth-order valence-corrected chi connectivity index (χ4v) is 10.4. The normalized spacial score (nSPS) is 16.7. The van der Waals surface area contributed by atoms with E-state index < -0.39 is 17.2 Å². The second-order valence-electron chi connectivity index (χ2n) is 4.97. The van der Waals surface area contributed by atoms with Crippen LogP contribution in [0.15, 0.2) is 0 Å². The summed E-state index contributed by atoms with van der Waals surface area (Å²) in [5.74, 6) is 0. The highest BCUT2D eigenvalue weighted by Gasteiger charge is 2.26. The van der Waals surface area contributed by atoms with Crippen molar-refractivity contribution in [1.29, 1.82) is 0 Å². The van der Waals surface area contributed by atoms with Crippen LogP contribution in [0.25, 0.3) is 0 Å². The molecule has 0 saturated heterocycles. The van der Waals surface area contributed by atoms with E-state index >= 15 is 0 Å². The van der Waals surface area contributed by atoms with Gasteiger partial charge in [-0.25, -0.2) is 0 Å². The van der Waals surface area contributed by atoms with Crippen LogP contribution in [-0.4, -0.2) is 17.2 Å². The molecule has 2 atom stereocenters. The first-order chi connectivity index (χ1) is 6.49. The highest BCUT2D eigenvalue weighted by Crippen LogP contribution is 2.18. The van der Waals surface area contributed by atoms with Crippen LogP contribution in [0.1, 0.15) is 40.5 Å². The van der Waals surface area contributed by atoms with E-state index in [1.54, 1.807) is 0 Å². The Bertz CT molecular complexity index is 146. The Morgan fingerprint density at radius 2 is 1.71 bits per heavy atom. The standard InChI is InChI=1S/C11H29NSi2/c1-7-10-11(4)13(5)12-14(6,8-2)9-3/h11-13H,7-10H2,1-6H3. The molecule has 86 valence electrons. The molecule has 0 aliphatic heterocycles. The number of rotatable bonds is 7. The molecule has 3 heteroatoms. The third kappa shape index (κ3) is 4.76. The van der Waals surface area contributed by atoms with E-state index in [-0.39, 0.29) is 0 Å². The van der Waals surface area contributed by atoms with Crippen molar-refractivity contribution in [2.45, 2.75) is 71.3 Å². The Labute approximate surface area is 93.5 Å². The maximum Gasteiger partial charge on any atom is 0.115 e. The molecule has 0 heterocycles. The van der Waals surface area contributed by atoms with Crippen LogP contribution < -0.4 is 4.65 Å². The van der Waals surface area contributed by atoms with Gasteiger partial charge in [0.15, 0.2) is 0 Å². The number of hydrogen-bond donors (Lipinski definition) is 1. The van der Waals surface area contributed by atoms with Crippen LogP contribution >= 0.6 is 0 Å². The molecule has 0 aromatic heterocycles. The Kier molecular flexibility index (Phi) is 6.99. The average molecular weight is 232 g/mol. The van der Waals surface area contributed by atoms with Crippen LogP contribution in [0, 0.1) is 0 Å². The lowest BCUT2D eigenvalue weighted by atomic mass is 10.3. The first-order valence-electron chi connectivity index (χ1n) is 6.26. The van der Waals surface area contributed by atoms with Gasteiger partial charge >= 0.3 is 0 Å². The molecule has 0 spiro atoms. The lowest BCUT2D eigenvalue weighted by Crippen LogP contribution is -2.54. The van der Waals surface area contributed by atoms with Gasteiger partial charge in [-0.3, -0.25) is 0 Å². The molecular formula is C11H29NSi2. The van der Waals surface area contributed by atoms with E-state index in [1.165, 1.54) is 24.9 Å². The van der Waals surface area contributed by atoms with Gasteiger partial charge in [0.2, 0.25) is 0 Å².